The van der Waals surface area contributed by atoms with E-state index < -0.39 is 16.5 Å². The number of halogens is 1. The van der Waals surface area contributed by atoms with Gasteiger partial charge in [-0.3, -0.25) is 4.79 Å². The van der Waals surface area contributed by atoms with E-state index in [2.05, 4.69) is 15.9 Å². The summed E-state index contributed by atoms with van der Waals surface area (Å²) in [7, 11) is 0. The number of nitrogens with zero attached hydrogens (tertiary/aromatic N) is 1. The monoisotopic (exact) mass is 367 g/mol. The van der Waals surface area contributed by atoms with Gasteiger partial charge in [0.25, 0.3) is 0 Å². The first-order valence-electron chi connectivity index (χ1n) is 7.52. The summed E-state index contributed by atoms with van der Waals surface area (Å²) < 4.78 is 5.44. The molecular weight excluding hydrogens is 346 g/mol. The van der Waals surface area contributed by atoms with Crippen molar-refractivity contribution in [3.63, 3.8) is 0 Å². The zero-order chi connectivity index (χ0) is 16.3. The Bertz CT molecular complexity index is 539. The highest BCUT2D eigenvalue weighted by Gasteiger charge is 2.38. The van der Waals surface area contributed by atoms with Gasteiger partial charge in [0.05, 0.1) is 0 Å². The Kier molecular flexibility index (Phi) is 5.27. The number of benzene rings is 1. The molecule has 1 aliphatic heterocycles. The Balaban J connectivity index is 2.10. The van der Waals surface area contributed by atoms with E-state index in [1.807, 2.05) is 51.1 Å². The molecule has 5 heteroatoms. The van der Waals surface area contributed by atoms with Crippen LogP contribution in [0.1, 0.15) is 44.0 Å². The van der Waals surface area contributed by atoms with Crippen LogP contribution in [0, 0.1) is 0 Å². The number of carbonyl (C=O) groups is 2. The van der Waals surface area contributed by atoms with E-state index in [1.165, 1.54) is 0 Å². The van der Waals surface area contributed by atoms with Crippen LogP contribution in [0.4, 0.5) is 0 Å². The second-order valence-corrected chi connectivity index (χ2v) is 7.41. The minimum Gasteiger partial charge on any atom is -0.458 e. The van der Waals surface area contributed by atoms with Crippen molar-refractivity contribution in [1.29, 1.82) is 0 Å². The van der Waals surface area contributed by atoms with E-state index in [-0.39, 0.29) is 11.9 Å². The van der Waals surface area contributed by atoms with Crippen molar-refractivity contribution in [2.45, 2.75) is 50.1 Å². The Morgan fingerprint density at radius 1 is 1.27 bits per heavy atom. The number of hydrogen-bond donors (Lipinski definition) is 0. The lowest BCUT2D eigenvalue weighted by molar-refractivity contribution is -0.163. The molecule has 4 nitrogen and oxygen atoms in total. The van der Waals surface area contributed by atoms with Gasteiger partial charge in [-0.2, -0.15) is 0 Å². The molecule has 22 heavy (non-hydrogen) atoms. The van der Waals surface area contributed by atoms with Crippen LogP contribution in [0.5, 0.6) is 0 Å². The predicted molar refractivity (Wildman–Crippen MR) is 88.7 cm³/mol. The largest absolute Gasteiger partial charge is 0.458 e. The summed E-state index contributed by atoms with van der Waals surface area (Å²) in [5.74, 6) is -0.398. The first-order chi connectivity index (χ1) is 10.3. The van der Waals surface area contributed by atoms with Crippen LogP contribution >= 0.6 is 15.9 Å². The summed E-state index contributed by atoms with van der Waals surface area (Å²) in [6, 6.07) is 9.02. The first kappa shape index (κ1) is 17.0. The topological polar surface area (TPSA) is 46.6 Å². The standard InChI is InChI=1S/C17H22BrNO3/c1-17(2,3)22-16(21)13-10-7-11-19(13)15(20)14(18)12-8-5-4-6-9-12/h4-6,8-9,13-14H,7,10-11H2,1-3H3/t13-,14?/m0/s1. The number of alkyl halides is 1. The minimum atomic E-state index is -0.540. The molecule has 0 aliphatic carbocycles. The van der Waals surface area contributed by atoms with Gasteiger partial charge in [0.15, 0.2) is 0 Å². The second kappa shape index (κ2) is 6.82. The molecule has 0 N–H and O–H groups in total. The van der Waals surface area contributed by atoms with Gasteiger partial charge in [0, 0.05) is 6.54 Å². The van der Waals surface area contributed by atoms with Crippen LogP contribution in [0.2, 0.25) is 0 Å². The van der Waals surface area contributed by atoms with Gasteiger partial charge in [0.1, 0.15) is 16.5 Å². The van der Waals surface area contributed by atoms with Crippen LogP contribution < -0.4 is 0 Å². The molecule has 1 unspecified atom stereocenters. The minimum absolute atomic E-state index is 0.0837. The molecule has 0 aromatic heterocycles. The summed E-state index contributed by atoms with van der Waals surface area (Å²) in [4.78, 5) is 26.2. The Labute approximate surface area is 140 Å². The maximum Gasteiger partial charge on any atom is 0.329 e. The van der Waals surface area contributed by atoms with Gasteiger partial charge < -0.3 is 9.64 Å². The Hall–Kier alpha value is -1.36. The van der Waals surface area contributed by atoms with E-state index in [0.29, 0.717) is 13.0 Å². The highest BCUT2D eigenvalue weighted by atomic mass is 79.9. The van der Waals surface area contributed by atoms with Gasteiger partial charge in [-0.15, -0.1) is 0 Å². The van der Waals surface area contributed by atoms with Crippen molar-refractivity contribution < 1.29 is 14.3 Å². The fourth-order valence-electron chi connectivity index (χ4n) is 2.56. The van der Waals surface area contributed by atoms with Gasteiger partial charge in [-0.1, -0.05) is 46.3 Å². The molecule has 1 aliphatic rings. The fourth-order valence-corrected chi connectivity index (χ4v) is 3.12. The lowest BCUT2D eigenvalue weighted by atomic mass is 10.1. The van der Waals surface area contributed by atoms with E-state index in [4.69, 9.17) is 4.74 Å². The maximum atomic E-state index is 12.7. The van der Waals surface area contributed by atoms with Crippen molar-refractivity contribution in [3.05, 3.63) is 35.9 Å². The summed E-state index contributed by atoms with van der Waals surface area (Å²) >= 11 is 3.46. The number of rotatable bonds is 3. The van der Waals surface area contributed by atoms with E-state index in [1.54, 1.807) is 4.90 Å². The zero-order valence-corrected chi connectivity index (χ0v) is 14.8. The van der Waals surface area contributed by atoms with Gasteiger partial charge in [-0.05, 0) is 39.2 Å². The lowest BCUT2D eigenvalue weighted by Crippen LogP contribution is -2.44. The van der Waals surface area contributed by atoms with Crippen LogP contribution in [-0.4, -0.2) is 35.0 Å². The van der Waals surface area contributed by atoms with Crippen LogP contribution in [0.15, 0.2) is 30.3 Å². The fraction of sp³-hybridized carbons (Fsp3) is 0.529. The van der Waals surface area contributed by atoms with Crippen molar-refractivity contribution in [2.75, 3.05) is 6.54 Å². The molecule has 0 saturated carbocycles. The summed E-state index contributed by atoms with van der Waals surface area (Å²) in [5, 5.41) is 0. The normalized spacial score (nSPS) is 19.8. The molecule has 1 aromatic carbocycles. The van der Waals surface area contributed by atoms with Gasteiger partial charge >= 0.3 is 5.97 Å². The molecule has 0 bridgehead atoms. The zero-order valence-electron chi connectivity index (χ0n) is 13.2. The van der Waals surface area contributed by atoms with Crippen molar-refractivity contribution in [2.24, 2.45) is 0 Å². The Morgan fingerprint density at radius 3 is 2.50 bits per heavy atom. The summed E-state index contributed by atoms with van der Waals surface area (Å²) in [6.07, 6.45) is 1.49. The SMILES string of the molecule is CC(C)(C)OC(=O)[C@@H]1CCCN1C(=O)C(Br)c1ccccc1. The first-order valence-corrected chi connectivity index (χ1v) is 8.43. The number of esters is 1. The van der Waals surface area contributed by atoms with Crippen molar-refractivity contribution in [1.82, 2.24) is 4.90 Å². The molecule has 120 valence electrons. The number of hydrogen-bond acceptors (Lipinski definition) is 3. The molecule has 0 spiro atoms. The number of carbonyl (C=O) groups excluding carboxylic acids is 2. The highest BCUT2D eigenvalue weighted by Crippen LogP contribution is 2.30. The molecule has 1 fully saturated rings. The lowest BCUT2D eigenvalue weighted by Gasteiger charge is -2.28. The molecule has 1 heterocycles. The quantitative estimate of drug-likeness (QED) is 0.607. The van der Waals surface area contributed by atoms with Crippen molar-refractivity contribution in [3.8, 4) is 0 Å². The number of likely N-dealkylation sites (tertiary alicyclic amines) is 1. The van der Waals surface area contributed by atoms with Crippen molar-refractivity contribution >= 4 is 27.8 Å². The predicted octanol–water partition coefficient (Wildman–Crippen LogP) is 3.46. The molecule has 1 saturated heterocycles. The molecular formula is C17H22BrNO3. The van der Waals surface area contributed by atoms with Gasteiger partial charge in [-0.25, -0.2) is 4.79 Å². The van der Waals surface area contributed by atoms with Crippen LogP contribution in [0.3, 0.4) is 0 Å². The third-order valence-electron chi connectivity index (χ3n) is 3.52. The molecule has 1 aromatic rings. The second-order valence-electron chi connectivity index (χ2n) is 6.50. The van der Waals surface area contributed by atoms with Gasteiger partial charge in [0.2, 0.25) is 5.91 Å². The molecule has 1 amide bonds. The third-order valence-corrected chi connectivity index (χ3v) is 4.44. The van der Waals surface area contributed by atoms with E-state index >= 15 is 0 Å². The van der Waals surface area contributed by atoms with E-state index in [0.717, 1.165) is 12.0 Å². The maximum absolute atomic E-state index is 12.7. The average molecular weight is 368 g/mol. The summed E-state index contributed by atoms with van der Waals surface area (Å²) in [5.41, 5.74) is 0.351. The highest BCUT2D eigenvalue weighted by molar-refractivity contribution is 9.09. The summed E-state index contributed by atoms with van der Waals surface area (Å²) in [6.45, 7) is 6.10. The molecule has 2 atom stereocenters. The smallest absolute Gasteiger partial charge is 0.329 e. The van der Waals surface area contributed by atoms with Crippen LogP contribution in [-0.2, 0) is 14.3 Å². The molecule has 0 radical (unpaired) electrons. The van der Waals surface area contributed by atoms with Crippen LogP contribution in [0.25, 0.3) is 0 Å². The third kappa shape index (κ3) is 4.09. The average Bonchev–Trinajstić information content (AvgIpc) is 2.94. The number of amides is 1. The Morgan fingerprint density at radius 2 is 1.91 bits per heavy atom. The number of ether oxygens (including phenoxy) is 1. The molecule has 2 rings (SSSR count). The van der Waals surface area contributed by atoms with E-state index in [9.17, 15) is 9.59 Å².